The lowest BCUT2D eigenvalue weighted by atomic mass is 10.2. The van der Waals surface area contributed by atoms with Crippen molar-refractivity contribution in [1.29, 1.82) is 0 Å². The number of benzene rings is 2. The number of hydrogen-bond donors (Lipinski definition) is 1. The molecule has 0 radical (unpaired) electrons. The summed E-state index contributed by atoms with van der Waals surface area (Å²) in [5, 5.41) is 8.40. The number of carbonyl (C=O) groups is 1. The molecule has 2 aromatic carbocycles. The maximum Gasteiger partial charge on any atom is 0.416 e. The molecule has 0 saturated carbocycles. The van der Waals surface area contributed by atoms with E-state index < -0.39 is 23.8 Å². The highest BCUT2D eigenvalue weighted by Gasteiger charge is 2.31. The van der Waals surface area contributed by atoms with Gasteiger partial charge in [-0.3, -0.25) is 0 Å². The van der Waals surface area contributed by atoms with Crippen molar-refractivity contribution in [3.63, 3.8) is 0 Å². The number of aliphatic carboxylic acids is 1. The Hall–Kier alpha value is -2.67. The molecule has 4 nitrogen and oxygen atoms in total. The van der Waals surface area contributed by atoms with E-state index >= 15 is 0 Å². The van der Waals surface area contributed by atoms with Crippen molar-refractivity contribution in [2.45, 2.75) is 19.2 Å². The third-order valence-electron chi connectivity index (χ3n) is 3.14. The van der Waals surface area contributed by atoms with Crippen molar-refractivity contribution < 1.29 is 32.5 Å². The molecule has 138 valence electrons. The van der Waals surface area contributed by atoms with Gasteiger partial charge in [-0.1, -0.05) is 11.6 Å². The lowest BCUT2D eigenvalue weighted by Crippen LogP contribution is -2.08. The summed E-state index contributed by atoms with van der Waals surface area (Å²) in [4.78, 5) is 10.4. The van der Waals surface area contributed by atoms with Crippen molar-refractivity contribution >= 4 is 17.6 Å². The van der Waals surface area contributed by atoms with Crippen LogP contribution in [0, 0.1) is 0 Å². The first-order chi connectivity index (χ1) is 12.1. The van der Waals surface area contributed by atoms with E-state index in [1.165, 1.54) is 6.08 Å². The van der Waals surface area contributed by atoms with Crippen LogP contribution in [0.15, 0.2) is 54.6 Å². The number of carboxylic acid groups (broad SMARTS) is 1. The van der Waals surface area contributed by atoms with E-state index in [9.17, 15) is 18.0 Å². The van der Waals surface area contributed by atoms with Crippen LogP contribution in [0.2, 0.25) is 5.02 Å². The van der Waals surface area contributed by atoms with Gasteiger partial charge in [0.1, 0.15) is 23.4 Å². The van der Waals surface area contributed by atoms with Crippen LogP contribution in [-0.4, -0.2) is 17.2 Å². The molecule has 0 bridgehead atoms. The topological polar surface area (TPSA) is 55.8 Å². The fraction of sp³-hybridized carbons (Fsp3) is 0.167. The van der Waals surface area contributed by atoms with Crippen LogP contribution in [0.3, 0.4) is 0 Å². The van der Waals surface area contributed by atoms with Crippen molar-refractivity contribution in [3.05, 3.63) is 65.2 Å². The minimum absolute atomic E-state index is 0.0890. The van der Waals surface area contributed by atoms with Gasteiger partial charge in [-0.2, -0.15) is 13.2 Å². The highest BCUT2D eigenvalue weighted by Crippen LogP contribution is 2.36. The second-order valence-electron chi connectivity index (χ2n) is 5.24. The molecular formula is C18H14ClF3O4. The third kappa shape index (κ3) is 5.70. The molecule has 8 heteroatoms. The molecule has 2 aromatic rings. The van der Waals surface area contributed by atoms with Crippen molar-refractivity contribution in [3.8, 4) is 17.2 Å². The average molecular weight is 387 g/mol. The Labute approximate surface area is 152 Å². The van der Waals surface area contributed by atoms with Gasteiger partial charge in [-0.25, -0.2) is 4.79 Å². The number of halogens is 4. The van der Waals surface area contributed by atoms with Gasteiger partial charge in [-0.15, -0.1) is 0 Å². The van der Waals surface area contributed by atoms with Gasteiger partial charge in [0.25, 0.3) is 0 Å². The minimum Gasteiger partial charge on any atom is -0.487 e. The fourth-order valence-electron chi connectivity index (χ4n) is 1.94. The molecule has 0 aliphatic heterocycles. The Kier molecular flexibility index (Phi) is 6.15. The molecule has 2 rings (SSSR count). The normalized spacial score (nSPS) is 12.8. The van der Waals surface area contributed by atoms with Gasteiger partial charge in [0.15, 0.2) is 0 Å². The number of carboxylic acids is 1. The molecule has 1 unspecified atom stereocenters. The van der Waals surface area contributed by atoms with Gasteiger partial charge >= 0.3 is 12.1 Å². The van der Waals surface area contributed by atoms with Crippen LogP contribution in [0.1, 0.15) is 12.5 Å². The Morgan fingerprint density at radius 1 is 1.15 bits per heavy atom. The van der Waals surface area contributed by atoms with E-state index in [0.29, 0.717) is 11.5 Å². The van der Waals surface area contributed by atoms with Gasteiger partial charge in [0.2, 0.25) is 0 Å². The van der Waals surface area contributed by atoms with Crippen LogP contribution in [0.25, 0.3) is 0 Å². The molecule has 0 aliphatic carbocycles. The highest BCUT2D eigenvalue weighted by molar-refractivity contribution is 6.32. The average Bonchev–Trinajstić information content (AvgIpc) is 2.55. The summed E-state index contributed by atoms with van der Waals surface area (Å²) in [5.41, 5.74) is -0.859. The lowest BCUT2D eigenvalue weighted by molar-refractivity contribution is -0.137. The number of rotatable bonds is 6. The first kappa shape index (κ1) is 19.7. The molecular weight excluding hydrogens is 373 g/mol. The summed E-state index contributed by atoms with van der Waals surface area (Å²) in [6.07, 6.45) is -2.57. The van der Waals surface area contributed by atoms with Crippen molar-refractivity contribution in [1.82, 2.24) is 0 Å². The second kappa shape index (κ2) is 8.14. The summed E-state index contributed by atoms with van der Waals surface area (Å²) in [5.74, 6) is -0.158. The Morgan fingerprint density at radius 3 is 2.31 bits per heavy atom. The summed E-state index contributed by atoms with van der Waals surface area (Å²) in [6, 6.07) is 9.10. The van der Waals surface area contributed by atoms with Gasteiger partial charge < -0.3 is 14.6 Å². The van der Waals surface area contributed by atoms with Crippen LogP contribution < -0.4 is 9.47 Å². The molecule has 0 saturated heterocycles. The molecule has 0 aromatic heterocycles. The number of alkyl halides is 3. The molecule has 1 atom stereocenters. The first-order valence-corrected chi connectivity index (χ1v) is 7.75. The standard InChI is InChI=1S/C18H14ClF3O4/c1-11(2-9-17(23)24)25-13-4-6-14(7-5-13)26-16-8-3-12(10-15(16)19)18(20,21)22/h2-11H,1H3,(H,23,24)/b9-2+. The molecule has 1 N–H and O–H groups in total. The fourth-order valence-corrected chi connectivity index (χ4v) is 2.16. The monoisotopic (exact) mass is 386 g/mol. The first-order valence-electron chi connectivity index (χ1n) is 7.37. The van der Waals surface area contributed by atoms with Gasteiger partial charge in [0, 0.05) is 6.08 Å². The maximum atomic E-state index is 12.6. The molecule has 26 heavy (non-hydrogen) atoms. The largest absolute Gasteiger partial charge is 0.487 e. The van der Waals surface area contributed by atoms with Crippen LogP contribution in [-0.2, 0) is 11.0 Å². The molecule has 0 aliphatic rings. The summed E-state index contributed by atoms with van der Waals surface area (Å²) >= 11 is 5.84. The number of hydrogen-bond acceptors (Lipinski definition) is 3. The molecule has 0 amide bonds. The summed E-state index contributed by atoms with van der Waals surface area (Å²) in [6.45, 7) is 1.67. The minimum atomic E-state index is -4.48. The van der Waals surface area contributed by atoms with Gasteiger partial charge in [-0.05, 0) is 55.5 Å². The van der Waals surface area contributed by atoms with E-state index in [0.717, 1.165) is 24.3 Å². The van der Waals surface area contributed by atoms with E-state index in [1.54, 1.807) is 31.2 Å². The number of ether oxygens (including phenoxy) is 2. The van der Waals surface area contributed by atoms with Crippen molar-refractivity contribution in [2.24, 2.45) is 0 Å². The quantitative estimate of drug-likeness (QED) is 0.660. The van der Waals surface area contributed by atoms with Gasteiger partial charge in [0.05, 0.1) is 10.6 Å². The van der Waals surface area contributed by atoms with E-state index in [1.807, 2.05) is 0 Å². The molecule has 0 fully saturated rings. The predicted octanol–water partition coefficient (Wildman–Crippen LogP) is 5.56. The van der Waals surface area contributed by atoms with E-state index in [2.05, 4.69) is 0 Å². The molecule has 0 spiro atoms. The van der Waals surface area contributed by atoms with E-state index in [4.69, 9.17) is 26.2 Å². The highest BCUT2D eigenvalue weighted by atomic mass is 35.5. The van der Waals surface area contributed by atoms with E-state index in [-0.39, 0.29) is 10.8 Å². The maximum absolute atomic E-state index is 12.6. The SMILES string of the molecule is CC(/C=C/C(=O)O)Oc1ccc(Oc2ccc(C(F)(F)F)cc2Cl)cc1. The Morgan fingerprint density at radius 2 is 1.77 bits per heavy atom. The Bertz CT molecular complexity index is 801. The summed E-state index contributed by atoms with van der Waals surface area (Å²) in [7, 11) is 0. The predicted molar refractivity (Wildman–Crippen MR) is 89.8 cm³/mol. The molecule has 0 heterocycles. The van der Waals surface area contributed by atoms with Crippen LogP contribution in [0.5, 0.6) is 17.2 Å². The summed E-state index contributed by atoms with van der Waals surface area (Å²) < 4.78 is 48.8. The second-order valence-corrected chi connectivity index (χ2v) is 5.64. The van der Waals surface area contributed by atoms with Crippen LogP contribution >= 0.6 is 11.6 Å². The van der Waals surface area contributed by atoms with Crippen LogP contribution in [0.4, 0.5) is 13.2 Å². The zero-order valence-corrected chi connectivity index (χ0v) is 14.2. The Balaban J connectivity index is 2.04. The third-order valence-corrected chi connectivity index (χ3v) is 3.44. The zero-order valence-electron chi connectivity index (χ0n) is 13.5. The lowest BCUT2D eigenvalue weighted by Gasteiger charge is -2.13. The zero-order chi connectivity index (χ0) is 19.3. The smallest absolute Gasteiger partial charge is 0.416 e. The van der Waals surface area contributed by atoms with Crippen molar-refractivity contribution in [2.75, 3.05) is 0 Å².